The summed E-state index contributed by atoms with van der Waals surface area (Å²) in [5, 5.41) is 0. The fraction of sp³-hybridized carbons (Fsp3) is 0.409. The van der Waals surface area contributed by atoms with E-state index >= 15 is 0 Å². The topological polar surface area (TPSA) is 63.7 Å². The molecule has 28 heavy (non-hydrogen) atoms. The predicted molar refractivity (Wildman–Crippen MR) is 108 cm³/mol. The van der Waals surface area contributed by atoms with Gasteiger partial charge in [0.15, 0.2) is 0 Å². The second-order valence-electron chi connectivity index (χ2n) is 7.86. The molecule has 1 aliphatic rings. The molecule has 0 radical (unpaired) electrons. The maximum absolute atomic E-state index is 12.9. The van der Waals surface area contributed by atoms with Gasteiger partial charge < -0.3 is 4.74 Å². The van der Waals surface area contributed by atoms with Gasteiger partial charge in [0.05, 0.1) is 10.5 Å². The van der Waals surface area contributed by atoms with E-state index in [1.54, 1.807) is 4.31 Å². The van der Waals surface area contributed by atoms with E-state index in [0.717, 1.165) is 17.5 Å². The number of benzene rings is 2. The summed E-state index contributed by atoms with van der Waals surface area (Å²) in [5.41, 5.74) is 2.36. The Hall–Kier alpha value is -2.18. The highest BCUT2D eigenvalue weighted by Gasteiger charge is 2.31. The Morgan fingerprint density at radius 1 is 1.07 bits per heavy atom. The Balaban J connectivity index is 1.67. The summed E-state index contributed by atoms with van der Waals surface area (Å²) in [6, 6.07) is 13.8. The van der Waals surface area contributed by atoms with Crippen molar-refractivity contribution < 1.29 is 17.9 Å². The van der Waals surface area contributed by atoms with Crippen LogP contribution in [0.2, 0.25) is 0 Å². The molecule has 0 aliphatic carbocycles. The van der Waals surface area contributed by atoms with Crippen LogP contribution in [0.25, 0.3) is 0 Å². The van der Waals surface area contributed by atoms with Crippen LogP contribution in [-0.4, -0.2) is 31.8 Å². The predicted octanol–water partition coefficient (Wildman–Crippen LogP) is 4.02. The lowest BCUT2D eigenvalue weighted by molar-refractivity contribution is 0.0472. The molecular weight excluding hydrogens is 374 g/mol. The first-order valence-electron chi connectivity index (χ1n) is 9.58. The van der Waals surface area contributed by atoms with Crippen LogP contribution in [0.15, 0.2) is 53.4 Å². The molecule has 0 amide bonds. The standard InChI is InChI=1S/C22H27NO4S/c1-16-5-4-6-19(12-16)15-27-22(24)20-7-9-21(10-8-20)28(25,26)23-13-17(2)11-18(3)14-23/h4-10,12,17-18H,11,13-15H2,1-3H3/t17-,18-/m1/s1. The van der Waals surface area contributed by atoms with Gasteiger partial charge in [0.25, 0.3) is 0 Å². The summed E-state index contributed by atoms with van der Waals surface area (Å²) in [4.78, 5) is 12.5. The zero-order chi connectivity index (χ0) is 20.3. The molecule has 3 rings (SSSR count). The Morgan fingerprint density at radius 3 is 2.32 bits per heavy atom. The minimum atomic E-state index is -3.55. The van der Waals surface area contributed by atoms with E-state index in [0.29, 0.717) is 30.5 Å². The summed E-state index contributed by atoms with van der Waals surface area (Å²) in [6.07, 6.45) is 1.04. The van der Waals surface area contributed by atoms with Gasteiger partial charge >= 0.3 is 5.97 Å². The fourth-order valence-corrected chi connectivity index (χ4v) is 5.43. The van der Waals surface area contributed by atoms with Crippen molar-refractivity contribution in [1.29, 1.82) is 0 Å². The lowest BCUT2D eigenvalue weighted by Gasteiger charge is -2.34. The van der Waals surface area contributed by atoms with Gasteiger partial charge in [0.1, 0.15) is 6.61 Å². The van der Waals surface area contributed by atoms with E-state index in [9.17, 15) is 13.2 Å². The SMILES string of the molecule is Cc1cccc(COC(=O)c2ccc(S(=O)(=O)N3C[C@H](C)C[C@@H](C)C3)cc2)c1. The monoisotopic (exact) mass is 401 g/mol. The molecule has 0 bridgehead atoms. The quantitative estimate of drug-likeness (QED) is 0.710. The van der Waals surface area contributed by atoms with Crippen molar-refractivity contribution in [3.63, 3.8) is 0 Å². The Bertz CT molecular complexity index is 927. The smallest absolute Gasteiger partial charge is 0.338 e. The molecule has 0 spiro atoms. The van der Waals surface area contributed by atoms with E-state index in [-0.39, 0.29) is 11.5 Å². The highest BCUT2D eigenvalue weighted by Crippen LogP contribution is 2.26. The maximum Gasteiger partial charge on any atom is 0.338 e. The molecule has 6 heteroatoms. The third-order valence-corrected chi connectivity index (χ3v) is 6.86. The van der Waals surface area contributed by atoms with Crippen LogP contribution >= 0.6 is 0 Å². The van der Waals surface area contributed by atoms with Crippen molar-refractivity contribution in [1.82, 2.24) is 4.31 Å². The summed E-state index contributed by atoms with van der Waals surface area (Å²) in [5.74, 6) is 0.217. The van der Waals surface area contributed by atoms with Crippen LogP contribution < -0.4 is 0 Å². The van der Waals surface area contributed by atoms with Crippen LogP contribution in [-0.2, 0) is 21.4 Å². The van der Waals surface area contributed by atoms with Crippen molar-refractivity contribution in [2.24, 2.45) is 11.8 Å². The third-order valence-electron chi connectivity index (χ3n) is 5.02. The van der Waals surface area contributed by atoms with E-state index in [4.69, 9.17) is 4.74 Å². The lowest BCUT2D eigenvalue weighted by atomic mass is 9.94. The lowest BCUT2D eigenvalue weighted by Crippen LogP contribution is -2.42. The highest BCUT2D eigenvalue weighted by atomic mass is 32.2. The van der Waals surface area contributed by atoms with Gasteiger partial charge in [0, 0.05) is 13.1 Å². The van der Waals surface area contributed by atoms with Crippen molar-refractivity contribution in [2.75, 3.05) is 13.1 Å². The number of hydrogen-bond donors (Lipinski definition) is 0. The van der Waals surface area contributed by atoms with Crippen LogP contribution in [0.4, 0.5) is 0 Å². The van der Waals surface area contributed by atoms with Gasteiger partial charge in [-0.3, -0.25) is 0 Å². The molecule has 2 aromatic rings. The third kappa shape index (κ3) is 4.80. The van der Waals surface area contributed by atoms with Gasteiger partial charge in [-0.2, -0.15) is 4.31 Å². The molecule has 0 saturated carbocycles. The summed E-state index contributed by atoms with van der Waals surface area (Å²) in [6.45, 7) is 7.38. The molecule has 0 aromatic heterocycles. The number of sulfonamides is 1. The number of piperidine rings is 1. The minimum Gasteiger partial charge on any atom is -0.457 e. The number of aryl methyl sites for hydroxylation is 1. The van der Waals surface area contributed by atoms with Gasteiger partial charge in [-0.25, -0.2) is 13.2 Å². The number of ether oxygens (including phenoxy) is 1. The van der Waals surface area contributed by atoms with Gasteiger partial charge in [-0.15, -0.1) is 0 Å². The first-order chi connectivity index (χ1) is 13.3. The van der Waals surface area contributed by atoms with Crippen molar-refractivity contribution in [2.45, 2.75) is 38.7 Å². The number of hydrogen-bond acceptors (Lipinski definition) is 4. The zero-order valence-electron chi connectivity index (χ0n) is 16.6. The average molecular weight is 402 g/mol. The van der Waals surface area contributed by atoms with Gasteiger partial charge in [-0.05, 0) is 55.0 Å². The van der Waals surface area contributed by atoms with Gasteiger partial charge in [0.2, 0.25) is 10.0 Å². The largest absolute Gasteiger partial charge is 0.457 e. The molecule has 0 N–H and O–H groups in total. The number of rotatable bonds is 5. The van der Waals surface area contributed by atoms with Crippen LogP contribution in [0.5, 0.6) is 0 Å². The molecule has 5 nitrogen and oxygen atoms in total. The molecule has 0 unspecified atom stereocenters. The number of nitrogens with zero attached hydrogens (tertiary/aromatic N) is 1. The first kappa shape index (κ1) is 20.6. The number of esters is 1. The van der Waals surface area contributed by atoms with E-state index in [1.807, 2.05) is 31.2 Å². The zero-order valence-corrected chi connectivity index (χ0v) is 17.4. The molecule has 2 aromatic carbocycles. The fourth-order valence-electron chi connectivity index (χ4n) is 3.75. The van der Waals surface area contributed by atoms with E-state index in [1.165, 1.54) is 24.3 Å². The van der Waals surface area contributed by atoms with Gasteiger partial charge in [-0.1, -0.05) is 43.7 Å². The Labute approximate surface area is 167 Å². The minimum absolute atomic E-state index is 0.185. The second kappa shape index (κ2) is 8.45. The molecule has 1 heterocycles. The van der Waals surface area contributed by atoms with E-state index in [2.05, 4.69) is 13.8 Å². The Morgan fingerprint density at radius 2 is 1.71 bits per heavy atom. The number of carbonyl (C=O) groups excluding carboxylic acids is 1. The molecule has 150 valence electrons. The molecule has 1 saturated heterocycles. The summed E-state index contributed by atoms with van der Waals surface area (Å²) in [7, 11) is -3.55. The van der Waals surface area contributed by atoms with E-state index < -0.39 is 16.0 Å². The molecular formula is C22H27NO4S. The number of carbonyl (C=O) groups is 1. The first-order valence-corrected chi connectivity index (χ1v) is 11.0. The molecule has 1 aliphatic heterocycles. The van der Waals surface area contributed by atoms with Crippen molar-refractivity contribution in [3.8, 4) is 0 Å². The van der Waals surface area contributed by atoms with Crippen LogP contribution in [0.1, 0.15) is 41.8 Å². The molecule has 1 fully saturated rings. The van der Waals surface area contributed by atoms with Crippen molar-refractivity contribution in [3.05, 3.63) is 65.2 Å². The Kier molecular flexibility index (Phi) is 6.20. The van der Waals surface area contributed by atoms with Crippen LogP contribution in [0.3, 0.4) is 0 Å². The second-order valence-corrected chi connectivity index (χ2v) is 9.80. The maximum atomic E-state index is 12.9. The summed E-state index contributed by atoms with van der Waals surface area (Å²) < 4.78 is 32.7. The normalized spacial score (nSPS) is 20.7. The summed E-state index contributed by atoms with van der Waals surface area (Å²) >= 11 is 0. The van der Waals surface area contributed by atoms with Crippen LogP contribution in [0, 0.1) is 18.8 Å². The average Bonchev–Trinajstić information content (AvgIpc) is 2.65. The molecule has 2 atom stereocenters. The highest BCUT2D eigenvalue weighted by molar-refractivity contribution is 7.89. The van der Waals surface area contributed by atoms with Crippen molar-refractivity contribution >= 4 is 16.0 Å².